The number of nitrogens with zero attached hydrogens (tertiary/aromatic N) is 3. The van der Waals surface area contributed by atoms with Gasteiger partial charge in [0.25, 0.3) is 0 Å². The third kappa shape index (κ3) is 3.93. The van der Waals surface area contributed by atoms with E-state index < -0.39 is 5.97 Å². The van der Waals surface area contributed by atoms with Crippen molar-refractivity contribution in [3.05, 3.63) is 87.8 Å². The highest BCUT2D eigenvalue weighted by Gasteiger charge is 2.21. The molecule has 0 amide bonds. The minimum atomic E-state index is -0.537. The number of fused-ring (bicyclic) bond motifs is 2. The summed E-state index contributed by atoms with van der Waals surface area (Å²) in [7, 11) is 3.17. The van der Waals surface area contributed by atoms with Crippen molar-refractivity contribution >= 4 is 33.5 Å². The summed E-state index contributed by atoms with van der Waals surface area (Å²) in [5.41, 5.74) is 4.27. The number of pyridine rings is 1. The van der Waals surface area contributed by atoms with Crippen LogP contribution in [-0.4, -0.2) is 27.8 Å². The smallest absolute Gasteiger partial charge is 0.358 e. The van der Waals surface area contributed by atoms with Gasteiger partial charge in [0.05, 0.1) is 29.7 Å². The fourth-order valence-electron chi connectivity index (χ4n) is 4.36. The molecule has 0 spiro atoms. The summed E-state index contributed by atoms with van der Waals surface area (Å²) in [5.74, 6) is -0.140. The van der Waals surface area contributed by atoms with Crippen molar-refractivity contribution in [3.63, 3.8) is 0 Å². The Labute approximate surface area is 201 Å². The van der Waals surface area contributed by atoms with Crippen LogP contribution in [0.25, 0.3) is 33.3 Å². The van der Waals surface area contributed by atoms with E-state index in [1.807, 2.05) is 57.3 Å². The minimum absolute atomic E-state index is 0.148. The van der Waals surface area contributed by atoms with Crippen molar-refractivity contribution < 1.29 is 13.9 Å². The van der Waals surface area contributed by atoms with E-state index in [2.05, 4.69) is 15.4 Å². The van der Waals surface area contributed by atoms with Gasteiger partial charge in [-0.2, -0.15) is 5.10 Å². The Kier molecular flexibility index (Phi) is 5.56. The van der Waals surface area contributed by atoms with E-state index in [1.165, 1.54) is 19.4 Å². The molecule has 0 aliphatic carbocycles. The molecular formula is C27H24N4O4. The van der Waals surface area contributed by atoms with Crippen LogP contribution >= 0.6 is 0 Å². The molecule has 176 valence electrons. The van der Waals surface area contributed by atoms with E-state index in [-0.39, 0.29) is 17.2 Å². The van der Waals surface area contributed by atoms with E-state index in [9.17, 15) is 9.59 Å². The lowest BCUT2D eigenvalue weighted by Gasteiger charge is -2.19. The molecule has 0 aliphatic rings. The highest BCUT2D eigenvalue weighted by molar-refractivity contribution is 5.94. The maximum Gasteiger partial charge on any atom is 0.358 e. The maximum atomic E-state index is 13.2. The molecule has 3 heterocycles. The Morgan fingerprint density at radius 3 is 2.71 bits per heavy atom. The van der Waals surface area contributed by atoms with Crippen molar-refractivity contribution in [1.82, 2.24) is 14.8 Å². The molecule has 0 fully saturated rings. The van der Waals surface area contributed by atoms with Crippen LogP contribution in [0, 0.1) is 6.92 Å². The van der Waals surface area contributed by atoms with Crippen LogP contribution in [0.15, 0.2) is 70.0 Å². The molecule has 5 rings (SSSR count). The van der Waals surface area contributed by atoms with E-state index in [0.717, 1.165) is 22.0 Å². The number of carbonyl (C=O) groups excluding carboxylic acids is 1. The average Bonchev–Trinajstić information content (AvgIpc) is 3.20. The Morgan fingerprint density at radius 2 is 1.91 bits per heavy atom. The third-order valence-electron chi connectivity index (χ3n) is 6.02. The summed E-state index contributed by atoms with van der Waals surface area (Å²) >= 11 is 0. The van der Waals surface area contributed by atoms with Crippen LogP contribution in [0.5, 0.6) is 0 Å². The Hall–Kier alpha value is -4.46. The number of para-hydroxylation sites is 1. The van der Waals surface area contributed by atoms with Crippen molar-refractivity contribution in [2.75, 3.05) is 12.4 Å². The fourth-order valence-corrected chi connectivity index (χ4v) is 4.36. The first-order valence-electron chi connectivity index (χ1n) is 11.2. The number of nitrogens with one attached hydrogen (secondary N) is 1. The molecule has 8 nitrogen and oxygen atoms in total. The van der Waals surface area contributed by atoms with Crippen molar-refractivity contribution in [1.29, 1.82) is 0 Å². The lowest BCUT2D eigenvalue weighted by atomic mass is 10.0. The number of hydrogen-bond donors (Lipinski definition) is 1. The first-order chi connectivity index (χ1) is 16.9. The second kappa shape index (κ2) is 8.72. The zero-order valence-corrected chi connectivity index (χ0v) is 19.8. The lowest BCUT2D eigenvalue weighted by molar-refractivity contribution is 0.0595. The summed E-state index contributed by atoms with van der Waals surface area (Å²) < 4.78 is 13.0. The van der Waals surface area contributed by atoms with Gasteiger partial charge in [-0.25, -0.2) is 9.78 Å². The van der Waals surface area contributed by atoms with Gasteiger partial charge in [0, 0.05) is 30.3 Å². The molecule has 35 heavy (non-hydrogen) atoms. The number of methoxy groups -OCH3 is 1. The molecule has 5 aromatic rings. The first kappa shape index (κ1) is 22.3. The van der Waals surface area contributed by atoms with Gasteiger partial charge in [0.2, 0.25) is 0 Å². The normalized spacial score (nSPS) is 12.1. The molecule has 0 radical (unpaired) electrons. The monoisotopic (exact) mass is 468 g/mol. The number of aryl methyl sites for hydroxylation is 2. The number of esters is 1. The molecular weight excluding hydrogens is 444 g/mol. The zero-order valence-electron chi connectivity index (χ0n) is 19.8. The van der Waals surface area contributed by atoms with Crippen LogP contribution in [0.4, 0.5) is 5.69 Å². The number of rotatable bonds is 5. The molecule has 0 aliphatic heterocycles. The summed E-state index contributed by atoms with van der Waals surface area (Å²) in [6, 6.07) is 16.3. The molecule has 1 N–H and O–H groups in total. The quantitative estimate of drug-likeness (QED) is 0.362. The molecule has 0 saturated carbocycles. The Balaban J connectivity index is 1.66. The molecule has 0 saturated heterocycles. The molecule has 0 bridgehead atoms. The second-order valence-corrected chi connectivity index (χ2v) is 8.45. The van der Waals surface area contributed by atoms with Gasteiger partial charge in [0.1, 0.15) is 11.3 Å². The van der Waals surface area contributed by atoms with Gasteiger partial charge in [0.15, 0.2) is 16.9 Å². The molecule has 1 atom stereocenters. The number of hydrogen-bond acceptors (Lipinski definition) is 7. The summed E-state index contributed by atoms with van der Waals surface area (Å²) in [6.45, 7) is 3.87. The summed E-state index contributed by atoms with van der Waals surface area (Å²) in [5, 5.41) is 9.33. The Bertz CT molecular complexity index is 1650. The fraction of sp³-hybridized carbons (Fsp3) is 0.185. The van der Waals surface area contributed by atoms with Crippen LogP contribution in [0.1, 0.15) is 34.6 Å². The lowest BCUT2D eigenvalue weighted by Crippen LogP contribution is -2.14. The maximum absolute atomic E-state index is 13.2. The number of ether oxygens (including phenoxy) is 1. The van der Waals surface area contributed by atoms with Crippen molar-refractivity contribution in [2.24, 2.45) is 7.05 Å². The van der Waals surface area contributed by atoms with Crippen LogP contribution < -0.4 is 10.7 Å². The second-order valence-electron chi connectivity index (χ2n) is 8.45. The van der Waals surface area contributed by atoms with Gasteiger partial charge in [-0.3, -0.25) is 9.48 Å². The van der Waals surface area contributed by atoms with Gasteiger partial charge in [-0.15, -0.1) is 0 Å². The zero-order chi connectivity index (χ0) is 24.7. The van der Waals surface area contributed by atoms with E-state index in [4.69, 9.17) is 9.15 Å². The summed E-state index contributed by atoms with van der Waals surface area (Å²) in [4.78, 5) is 29.5. The minimum Gasteiger partial charge on any atom is -0.464 e. The van der Waals surface area contributed by atoms with Gasteiger partial charge in [-0.05, 0) is 43.7 Å². The average molecular weight is 469 g/mol. The standard InChI is InChI=1S/C27H24N4O4/c1-15-12-18(16(2)29-20-9-7-11-28-25(20)27(33)34-4)26-19(13-15)22(32)14-23(35-26)24-17-8-5-6-10-21(17)31(3)30-24/h5-14,16,29H,1-4H3/t16-/m1/s1. The third-order valence-corrected chi connectivity index (χ3v) is 6.02. The first-order valence-corrected chi connectivity index (χ1v) is 11.2. The highest BCUT2D eigenvalue weighted by atomic mass is 16.5. The predicted molar refractivity (Wildman–Crippen MR) is 135 cm³/mol. The molecule has 0 unspecified atom stereocenters. The number of benzene rings is 2. The largest absolute Gasteiger partial charge is 0.464 e. The van der Waals surface area contributed by atoms with E-state index in [1.54, 1.807) is 16.8 Å². The Morgan fingerprint density at radius 1 is 1.11 bits per heavy atom. The van der Waals surface area contributed by atoms with Crippen molar-refractivity contribution in [3.8, 4) is 11.5 Å². The van der Waals surface area contributed by atoms with E-state index >= 15 is 0 Å². The van der Waals surface area contributed by atoms with Gasteiger partial charge >= 0.3 is 5.97 Å². The molecule has 2 aromatic carbocycles. The summed E-state index contributed by atoms with van der Waals surface area (Å²) in [6.07, 6.45) is 1.53. The number of carbonyl (C=O) groups is 1. The SMILES string of the molecule is COC(=O)c1ncccc1N[C@H](C)c1cc(C)cc2c(=O)cc(-c3nn(C)c4ccccc34)oc12. The van der Waals surface area contributed by atoms with Crippen LogP contribution in [0.3, 0.4) is 0 Å². The molecule has 3 aromatic heterocycles. The number of anilines is 1. The molecule has 8 heteroatoms. The van der Waals surface area contributed by atoms with E-state index in [0.29, 0.717) is 28.1 Å². The topological polar surface area (TPSA) is 99.2 Å². The highest BCUT2D eigenvalue weighted by Crippen LogP contribution is 2.33. The predicted octanol–water partition coefficient (Wildman–Crippen LogP) is 5.01. The van der Waals surface area contributed by atoms with Crippen LogP contribution in [0.2, 0.25) is 0 Å². The van der Waals surface area contributed by atoms with Gasteiger partial charge in [-0.1, -0.05) is 24.3 Å². The van der Waals surface area contributed by atoms with Gasteiger partial charge < -0.3 is 14.5 Å². The van der Waals surface area contributed by atoms with Crippen LogP contribution in [-0.2, 0) is 11.8 Å². The van der Waals surface area contributed by atoms with Crippen molar-refractivity contribution in [2.45, 2.75) is 19.9 Å². The number of aromatic nitrogens is 3.